The van der Waals surface area contributed by atoms with Gasteiger partial charge >= 0.3 is 0 Å². The molecular weight excluding hydrogens is 255 g/mol. The molecular formula is C16H17FN2O. The highest BCUT2D eigenvalue weighted by Crippen LogP contribution is 2.30. The van der Waals surface area contributed by atoms with Crippen LogP contribution in [0.2, 0.25) is 0 Å². The third-order valence-electron chi connectivity index (χ3n) is 3.75. The highest BCUT2D eigenvalue weighted by atomic mass is 19.1. The van der Waals surface area contributed by atoms with E-state index in [9.17, 15) is 4.39 Å². The molecule has 1 saturated heterocycles. The summed E-state index contributed by atoms with van der Waals surface area (Å²) in [5, 5.41) is 0. The summed E-state index contributed by atoms with van der Waals surface area (Å²) in [5.74, 6) is 1.06. The van der Waals surface area contributed by atoms with Gasteiger partial charge in [-0.2, -0.15) is 0 Å². The molecule has 0 unspecified atom stereocenters. The van der Waals surface area contributed by atoms with Gasteiger partial charge < -0.3 is 4.74 Å². The molecule has 0 atom stereocenters. The molecule has 2 aromatic rings. The smallest absolute Gasteiger partial charge is 0.123 e. The van der Waals surface area contributed by atoms with Gasteiger partial charge in [-0.1, -0.05) is 6.07 Å². The average molecular weight is 272 g/mol. The molecule has 0 N–H and O–H groups in total. The first-order chi connectivity index (χ1) is 9.76. The van der Waals surface area contributed by atoms with E-state index < -0.39 is 0 Å². The predicted molar refractivity (Wildman–Crippen MR) is 75.2 cm³/mol. The van der Waals surface area contributed by atoms with Crippen molar-refractivity contribution in [2.75, 3.05) is 20.2 Å². The normalized spacial score (nSPS) is 15.9. The second kappa shape index (κ2) is 5.59. The van der Waals surface area contributed by atoms with Crippen molar-refractivity contribution in [3.63, 3.8) is 0 Å². The van der Waals surface area contributed by atoms with E-state index >= 15 is 0 Å². The Morgan fingerprint density at radius 2 is 2.20 bits per heavy atom. The Hall–Kier alpha value is -1.94. The molecule has 3 nitrogen and oxygen atoms in total. The summed E-state index contributed by atoms with van der Waals surface area (Å²) in [6, 6.07) is 8.74. The molecule has 2 heterocycles. The van der Waals surface area contributed by atoms with E-state index in [-0.39, 0.29) is 5.82 Å². The third kappa shape index (κ3) is 2.65. The summed E-state index contributed by atoms with van der Waals surface area (Å²) >= 11 is 0. The number of halogens is 1. The Morgan fingerprint density at radius 3 is 2.90 bits per heavy atom. The van der Waals surface area contributed by atoms with Gasteiger partial charge in [0.15, 0.2) is 0 Å². The molecule has 0 saturated carbocycles. The number of methoxy groups -OCH3 is 1. The molecule has 1 aromatic heterocycles. The Bertz CT molecular complexity index is 582. The number of aromatic nitrogens is 1. The Balaban J connectivity index is 1.63. The molecule has 0 amide bonds. The molecule has 1 aliphatic rings. The number of benzene rings is 1. The molecule has 0 aliphatic carbocycles. The maximum Gasteiger partial charge on any atom is 0.123 e. The molecule has 0 spiro atoms. The zero-order valence-electron chi connectivity index (χ0n) is 11.4. The van der Waals surface area contributed by atoms with Gasteiger partial charge in [-0.3, -0.25) is 9.88 Å². The van der Waals surface area contributed by atoms with E-state index in [1.165, 1.54) is 11.6 Å². The van der Waals surface area contributed by atoms with Gasteiger partial charge in [-0.25, -0.2) is 4.39 Å². The molecule has 20 heavy (non-hydrogen) atoms. The first-order valence-corrected chi connectivity index (χ1v) is 6.71. The summed E-state index contributed by atoms with van der Waals surface area (Å²) in [5.41, 5.74) is 2.17. The molecule has 0 bridgehead atoms. The van der Waals surface area contributed by atoms with Crippen molar-refractivity contribution in [2.45, 2.75) is 12.5 Å². The lowest BCUT2D eigenvalue weighted by molar-refractivity contribution is 0.138. The Morgan fingerprint density at radius 1 is 1.35 bits per heavy atom. The second-order valence-electron chi connectivity index (χ2n) is 5.13. The topological polar surface area (TPSA) is 25.4 Å². The number of hydrogen-bond acceptors (Lipinski definition) is 3. The number of rotatable bonds is 4. The van der Waals surface area contributed by atoms with Crippen LogP contribution in [0.5, 0.6) is 5.75 Å². The third-order valence-corrected chi connectivity index (χ3v) is 3.75. The van der Waals surface area contributed by atoms with Crippen LogP contribution in [0.3, 0.4) is 0 Å². The number of pyridine rings is 1. The summed E-state index contributed by atoms with van der Waals surface area (Å²) in [6.45, 7) is 2.68. The first kappa shape index (κ1) is 13.1. The van der Waals surface area contributed by atoms with Crippen LogP contribution in [-0.2, 0) is 6.54 Å². The van der Waals surface area contributed by atoms with Crippen molar-refractivity contribution in [3.05, 3.63) is 59.7 Å². The van der Waals surface area contributed by atoms with Gasteiger partial charge in [0.1, 0.15) is 11.6 Å². The van der Waals surface area contributed by atoms with Crippen LogP contribution < -0.4 is 4.74 Å². The van der Waals surface area contributed by atoms with Gasteiger partial charge in [0.05, 0.1) is 7.11 Å². The number of nitrogens with zero attached hydrogens (tertiary/aromatic N) is 2. The van der Waals surface area contributed by atoms with E-state index in [2.05, 4.69) is 16.0 Å². The fourth-order valence-electron chi connectivity index (χ4n) is 2.64. The number of ether oxygens (including phenoxy) is 1. The standard InChI is InChI=1S/C16H17FN2O/c1-20-16-5-4-15(17)7-13(16)9-19-10-14(11-19)12-3-2-6-18-8-12/h2-8,14H,9-11H2,1H3. The minimum absolute atomic E-state index is 0.217. The molecule has 1 aromatic carbocycles. The van der Waals surface area contributed by atoms with E-state index in [0.29, 0.717) is 5.92 Å². The van der Waals surface area contributed by atoms with Crippen molar-refractivity contribution >= 4 is 0 Å². The van der Waals surface area contributed by atoms with E-state index in [4.69, 9.17) is 4.74 Å². The summed E-state index contributed by atoms with van der Waals surface area (Å²) in [6.07, 6.45) is 3.71. The van der Waals surface area contributed by atoms with Crippen LogP contribution in [-0.4, -0.2) is 30.1 Å². The molecule has 104 valence electrons. The van der Waals surface area contributed by atoms with Gasteiger partial charge in [-0.15, -0.1) is 0 Å². The summed E-state index contributed by atoms with van der Waals surface area (Å²) in [7, 11) is 1.62. The monoisotopic (exact) mass is 272 g/mol. The molecule has 3 rings (SSSR count). The maximum atomic E-state index is 13.3. The quantitative estimate of drug-likeness (QED) is 0.855. The Kier molecular flexibility index (Phi) is 3.65. The average Bonchev–Trinajstić information content (AvgIpc) is 2.43. The van der Waals surface area contributed by atoms with Gasteiger partial charge in [0.25, 0.3) is 0 Å². The van der Waals surface area contributed by atoms with Crippen molar-refractivity contribution in [3.8, 4) is 5.75 Å². The van der Waals surface area contributed by atoms with Gasteiger partial charge in [0.2, 0.25) is 0 Å². The number of likely N-dealkylation sites (tertiary alicyclic amines) is 1. The van der Waals surface area contributed by atoms with E-state index in [0.717, 1.165) is 30.9 Å². The summed E-state index contributed by atoms with van der Waals surface area (Å²) in [4.78, 5) is 6.43. The van der Waals surface area contributed by atoms with Gasteiger partial charge in [0, 0.05) is 43.5 Å². The van der Waals surface area contributed by atoms with E-state index in [1.807, 2.05) is 12.3 Å². The van der Waals surface area contributed by atoms with Crippen LogP contribution in [0.15, 0.2) is 42.7 Å². The lowest BCUT2D eigenvalue weighted by Crippen LogP contribution is -2.44. The van der Waals surface area contributed by atoms with Crippen molar-refractivity contribution in [2.24, 2.45) is 0 Å². The van der Waals surface area contributed by atoms with Crippen molar-refractivity contribution in [1.82, 2.24) is 9.88 Å². The minimum atomic E-state index is -0.217. The van der Waals surface area contributed by atoms with Crippen LogP contribution >= 0.6 is 0 Å². The highest BCUT2D eigenvalue weighted by Gasteiger charge is 2.28. The molecule has 4 heteroatoms. The summed E-state index contributed by atoms with van der Waals surface area (Å²) < 4.78 is 18.6. The first-order valence-electron chi connectivity index (χ1n) is 6.71. The van der Waals surface area contributed by atoms with Crippen LogP contribution in [0.4, 0.5) is 4.39 Å². The molecule has 1 aliphatic heterocycles. The minimum Gasteiger partial charge on any atom is -0.496 e. The largest absolute Gasteiger partial charge is 0.496 e. The van der Waals surface area contributed by atoms with Crippen molar-refractivity contribution < 1.29 is 9.13 Å². The fraction of sp³-hybridized carbons (Fsp3) is 0.312. The number of hydrogen-bond donors (Lipinski definition) is 0. The Labute approximate surface area is 118 Å². The lowest BCUT2D eigenvalue weighted by Gasteiger charge is -2.39. The zero-order chi connectivity index (χ0) is 13.9. The van der Waals surface area contributed by atoms with Crippen LogP contribution in [0.25, 0.3) is 0 Å². The predicted octanol–water partition coefficient (Wildman–Crippen LogP) is 2.83. The fourth-order valence-corrected chi connectivity index (χ4v) is 2.64. The molecule has 0 radical (unpaired) electrons. The van der Waals surface area contributed by atoms with Gasteiger partial charge in [-0.05, 0) is 29.8 Å². The van der Waals surface area contributed by atoms with Crippen LogP contribution in [0, 0.1) is 5.82 Å². The highest BCUT2D eigenvalue weighted by molar-refractivity contribution is 5.34. The second-order valence-corrected chi connectivity index (χ2v) is 5.13. The maximum absolute atomic E-state index is 13.3. The van der Waals surface area contributed by atoms with Crippen LogP contribution in [0.1, 0.15) is 17.0 Å². The SMILES string of the molecule is COc1ccc(F)cc1CN1CC(c2cccnc2)C1. The van der Waals surface area contributed by atoms with E-state index in [1.54, 1.807) is 25.4 Å². The zero-order valence-corrected chi connectivity index (χ0v) is 11.4. The lowest BCUT2D eigenvalue weighted by atomic mass is 9.92. The van der Waals surface area contributed by atoms with Crippen molar-refractivity contribution in [1.29, 1.82) is 0 Å². The molecule has 1 fully saturated rings.